The largest absolute Gasteiger partial charge is 0.478 e. The van der Waals surface area contributed by atoms with Crippen LogP contribution in [-0.2, 0) is 0 Å². The first kappa shape index (κ1) is 13.7. The molecule has 0 aliphatic heterocycles. The molecule has 0 aromatic heterocycles. The summed E-state index contributed by atoms with van der Waals surface area (Å²) in [5.74, 6) is -1.43. The van der Waals surface area contributed by atoms with Crippen molar-refractivity contribution in [1.82, 2.24) is 0 Å². The smallest absolute Gasteiger partial charge is 0.425 e. The van der Waals surface area contributed by atoms with Gasteiger partial charge in [-0.05, 0) is 25.1 Å². The van der Waals surface area contributed by atoms with Gasteiger partial charge in [-0.15, -0.1) is 0 Å². The summed E-state index contributed by atoms with van der Waals surface area (Å²) in [7, 11) is 0. The zero-order chi connectivity index (χ0) is 13.2. The summed E-state index contributed by atoms with van der Waals surface area (Å²) in [5, 5.41) is 0. The van der Waals surface area contributed by atoms with Crippen LogP contribution in [0.15, 0.2) is 18.2 Å². The average molecular weight is 267 g/mol. The van der Waals surface area contributed by atoms with Gasteiger partial charge in [0.1, 0.15) is 4.99 Å². The number of alkyl halides is 3. The molecule has 1 aromatic carbocycles. The maximum Gasteiger partial charge on any atom is 0.425 e. The summed E-state index contributed by atoms with van der Waals surface area (Å²) >= 11 is 4.60. The SMILES string of the molecule is CC(Oc1ccc(C(N)=S)cc1F)C(F)(F)F. The minimum atomic E-state index is -4.55. The summed E-state index contributed by atoms with van der Waals surface area (Å²) in [5.41, 5.74) is 5.47. The molecule has 7 heteroatoms. The Hall–Kier alpha value is -1.37. The monoisotopic (exact) mass is 267 g/mol. The van der Waals surface area contributed by atoms with Gasteiger partial charge in [0.25, 0.3) is 0 Å². The van der Waals surface area contributed by atoms with Gasteiger partial charge in [-0.25, -0.2) is 4.39 Å². The molecule has 0 aliphatic rings. The maximum atomic E-state index is 13.4. The molecule has 0 fully saturated rings. The molecule has 17 heavy (non-hydrogen) atoms. The lowest BCUT2D eigenvalue weighted by atomic mass is 10.2. The first-order valence-electron chi connectivity index (χ1n) is 4.54. The van der Waals surface area contributed by atoms with Crippen LogP contribution in [0.25, 0.3) is 0 Å². The lowest BCUT2D eigenvalue weighted by Crippen LogP contribution is -2.31. The van der Waals surface area contributed by atoms with Crippen molar-refractivity contribution >= 4 is 17.2 Å². The standard InChI is InChI=1S/C10H9F4NOS/c1-5(10(12,13)14)16-8-3-2-6(9(15)17)4-7(8)11/h2-5H,1H3,(H2,15,17). The van der Waals surface area contributed by atoms with Crippen molar-refractivity contribution in [1.29, 1.82) is 0 Å². The van der Waals surface area contributed by atoms with Crippen LogP contribution >= 0.6 is 12.2 Å². The van der Waals surface area contributed by atoms with Crippen LogP contribution in [0.3, 0.4) is 0 Å². The van der Waals surface area contributed by atoms with E-state index in [2.05, 4.69) is 17.0 Å². The van der Waals surface area contributed by atoms with Crippen molar-refractivity contribution in [2.75, 3.05) is 0 Å². The Morgan fingerprint density at radius 3 is 2.41 bits per heavy atom. The number of nitrogens with two attached hydrogens (primary N) is 1. The van der Waals surface area contributed by atoms with E-state index in [9.17, 15) is 17.6 Å². The quantitative estimate of drug-likeness (QED) is 0.675. The van der Waals surface area contributed by atoms with Gasteiger partial charge in [-0.1, -0.05) is 12.2 Å². The zero-order valence-electron chi connectivity index (χ0n) is 8.72. The van der Waals surface area contributed by atoms with E-state index in [-0.39, 0.29) is 10.6 Å². The molecule has 0 spiro atoms. The van der Waals surface area contributed by atoms with Crippen LogP contribution in [0.5, 0.6) is 5.75 Å². The number of ether oxygens (including phenoxy) is 1. The summed E-state index contributed by atoms with van der Waals surface area (Å²) < 4.78 is 54.4. The Balaban J connectivity index is 2.90. The Labute approximate surface area is 100 Å². The highest BCUT2D eigenvalue weighted by molar-refractivity contribution is 7.80. The number of rotatable bonds is 3. The van der Waals surface area contributed by atoms with Crippen LogP contribution in [0.2, 0.25) is 0 Å². The molecule has 0 saturated heterocycles. The third-order valence-electron chi connectivity index (χ3n) is 1.98. The fraction of sp³-hybridized carbons (Fsp3) is 0.300. The number of benzene rings is 1. The highest BCUT2D eigenvalue weighted by Crippen LogP contribution is 2.26. The number of halogens is 4. The van der Waals surface area contributed by atoms with Crippen molar-refractivity contribution < 1.29 is 22.3 Å². The third kappa shape index (κ3) is 3.55. The summed E-state index contributed by atoms with van der Waals surface area (Å²) in [4.78, 5) is -0.0423. The van der Waals surface area contributed by atoms with E-state index in [0.717, 1.165) is 19.1 Å². The van der Waals surface area contributed by atoms with Crippen molar-refractivity contribution in [2.45, 2.75) is 19.2 Å². The number of hydrogen-bond donors (Lipinski definition) is 1. The van der Waals surface area contributed by atoms with Crippen LogP contribution < -0.4 is 10.5 Å². The third-order valence-corrected chi connectivity index (χ3v) is 2.22. The molecular weight excluding hydrogens is 258 g/mol. The first-order valence-corrected chi connectivity index (χ1v) is 4.95. The molecule has 1 atom stereocenters. The fourth-order valence-corrected chi connectivity index (χ4v) is 1.13. The number of hydrogen-bond acceptors (Lipinski definition) is 2. The minimum Gasteiger partial charge on any atom is -0.478 e. The van der Waals surface area contributed by atoms with Gasteiger partial charge in [0.15, 0.2) is 17.7 Å². The second-order valence-corrected chi connectivity index (χ2v) is 3.75. The topological polar surface area (TPSA) is 35.2 Å². The molecule has 1 unspecified atom stereocenters. The van der Waals surface area contributed by atoms with Crippen molar-refractivity contribution in [3.63, 3.8) is 0 Å². The second kappa shape index (κ2) is 4.87. The van der Waals surface area contributed by atoms with Crippen LogP contribution in [-0.4, -0.2) is 17.3 Å². The van der Waals surface area contributed by atoms with E-state index in [1.54, 1.807) is 0 Å². The van der Waals surface area contributed by atoms with Crippen LogP contribution in [0.4, 0.5) is 17.6 Å². The zero-order valence-corrected chi connectivity index (χ0v) is 9.53. The predicted molar refractivity (Wildman–Crippen MR) is 58.4 cm³/mol. The van der Waals surface area contributed by atoms with E-state index in [0.29, 0.717) is 0 Å². The summed E-state index contributed by atoms with van der Waals surface area (Å²) in [6, 6.07) is 3.29. The fourth-order valence-electron chi connectivity index (χ4n) is 1.01. The molecule has 2 nitrogen and oxygen atoms in total. The van der Waals surface area contributed by atoms with Crippen molar-refractivity contribution in [2.24, 2.45) is 5.73 Å². The van der Waals surface area contributed by atoms with E-state index in [1.165, 1.54) is 6.07 Å². The highest BCUT2D eigenvalue weighted by atomic mass is 32.1. The maximum absolute atomic E-state index is 13.4. The molecule has 0 radical (unpaired) electrons. The average Bonchev–Trinajstić information content (AvgIpc) is 2.19. The Morgan fingerprint density at radius 1 is 1.41 bits per heavy atom. The normalized spacial score (nSPS) is 13.2. The molecule has 94 valence electrons. The van der Waals surface area contributed by atoms with Crippen LogP contribution in [0, 0.1) is 5.82 Å². The molecule has 1 aromatic rings. The summed E-state index contributed by atoms with van der Waals surface area (Å²) in [6.45, 7) is 0.793. The molecule has 1 rings (SSSR count). The van der Waals surface area contributed by atoms with Gasteiger partial charge in [0.2, 0.25) is 0 Å². The lowest BCUT2D eigenvalue weighted by Gasteiger charge is -2.18. The molecule has 0 aliphatic carbocycles. The molecular formula is C10H9F4NOS. The molecule has 0 bridgehead atoms. The van der Waals surface area contributed by atoms with Crippen molar-refractivity contribution in [3.05, 3.63) is 29.6 Å². The van der Waals surface area contributed by atoms with E-state index in [1.807, 2.05) is 0 Å². The van der Waals surface area contributed by atoms with E-state index >= 15 is 0 Å². The van der Waals surface area contributed by atoms with E-state index in [4.69, 9.17) is 5.73 Å². The molecule has 0 heterocycles. The van der Waals surface area contributed by atoms with Gasteiger partial charge in [-0.3, -0.25) is 0 Å². The molecule has 0 saturated carbocycles. The Bertz CT molecular complexity index is 433. The minimum absolute atomic E-state index is 0.0423. The first-order chi connectivity index (χ1) is 7.71. The number of thiocarbonyl (C=S) groups is 1. The van der Waals surface area contributed by atoms with Gasteiger partial charge in [0.05, 0.1) is 0 Å². The van der Waals surface area contributed by atoms with Gasteiger partial charge < -0.3 is 10.5 Å². The van der Waals surface area contributed by atoms with Crippen molar-refractivity contribution in [3.8, 4) is 5.75 Å². The second-order valence-electron chi connectivity index (χ2n) is 3.31. The van der Waals surface area contributed by atoms with Gasteiger partial charge >= 0.3 is 6.18 Å². The van der Waals surface area contributed by atoms with Gasteiger partial charge in [-0.2, -0.15) is 13.2 Å². The molecule has 2 N–H and O–H groups in total. The Morgan fingerprint density at radius 2 is 2.00 bits per heavy atom. The van der Waals surface area contributed by atoms with Gasteiger partial charge in [0, 0.05) is 5.56 Å². The summed E-state index contributed by atoms with van der Waals surface area (Å²) in [6.07, 6.45) is -6.64. The van der Waals surface area contributed by atoms with E-state index < -0.39 is 23.8 Å². The predicted octanol–water partition coefficient (Wildman–Crippen LogP) is 2.79. The highest BCUT2D eigenvalue weighted by Gasteiger charge is 2.38. The molecule has 0 amide bonds. The Kier molecular flexibility index (Phi) is 3.92. The van der Waals surface area contributed by atoms with Crippen LogP contribution in [0.1, 0.15) is 12.5 Å². The lowest BCUT2D eigenvalue weighted by molar-refractivity contribution is -0.189.